The van der Waals surface area contributed by atoms with Crippen molar-refractivity contribution >= 4 is 94.9 Å². The van der Waals surface area contributed by atoms with Crippen LogP contribution in [0.1, 0.15) is 21.5 Å². The van der Waals surface area contributed by atoms with E-state index >= 15 is 0 Å². The molecule has 0 N–H and O–H groups in total. The van der Waals surface area contributed by atoms with Crippen molar-refractivity contribution in [3.8, 4) is 5.75 Å². The Bertz CT molecular complexity index is 1350. The van der Waals surface area contributed by atoms with Crippen LogP contribution in [-0.2, 0) is 9.53 Å². The highest BCUT2D eigenvalue weighted by atomic mass is 79.9. The summed E-state index contributed by atoms with van der Waals surface area (Å²) in [6.45, 7) is 0. The number of esters is 2. The molecular formula is C23H10Br3Cl2NO4. The molecule has 0 fully saturated rings. The third kappa shape index (κ3) is 5.58. The standard InChI is InChI=1S/C23H10Br3Cl2NO4/c24-13-3-1-11(2-4-13)21-29-19(23(31)33-21)8-12-7-14(25)9-17(26)20(12)32-22(30)16-6-5-15(27)10-18(16)28/h1-10H/b19-8-. The third-order valence-electron chi connectivity index (χ3n) is 4.39. The van der Waals surface area contributed by atoms with Gasteiger partial charge in [0, 0.05) is 25.1 Å². The molecular weight excluding hydrogens is 665 g/mol. The van der Waals surface area contributed by atoms with Crippen LogP contribution < -0.4 is 4.74 Å². The molecule has 3 aromatic carbocycles. The minimum absolute atomic E-state index is 0.0553. The van der Waals surface area contributed by atoms with E-state index in [1.54, 1.807) is 24.3 Å². The second-order valence-corrected chi connectivity index (χ2v) is 10.2. The minimum atomic E-state index is -0.688. The zero-order valence-corrected chi connectivity index (χ0v) is 22.5. The van der Waals surface area contributed by atoms with E-state index in [9.17, 15) is 9.59 Å². The van der Waals surface area contributed by atoms with E-state index in [-0.39, 0.29) is 27.9 Å². The Morgan fingerprint density at radius 3 is 2.39 bits per heavy atom. The fraction of sp³-hybridized carbons (Fsp3) is 0. The van der Waals surface area contributed by atoms with Gasteiger partial charge < -0.3 is 9.47 Å². The number of halogens is 5. The number of rotatable bonds is 4. The predicted molar refractivity (Wildman–Crippen MR) is 138 cm³/mol. The number of cyclic esters (lactones) is 1. The molecule has 5 nitrogen and oxygen atoms in total. The van der Waals surface area contributed by atoms with Gasteiger partial charge in [0.25, 0.3) is 0 Å². The van der Waals surface area contributed by atoms with Crippen molar-refractivity contribution in [2.75, 3.05) is 0 Å². The van der Waals surface area contributed by atoms with Crippen molar-refractivity contribution in [1.82, 2.24) is 0 Å². The van der Waals surface area contributed by atoms with Crippen LogP contribution >= 0.6 is 71.0 Å². The van der Waals surface area contributed by atoms with Gasteiger partial charge in [0.1, 0.15) is 0 Å². The first-order valence-corrected chi connectivity index (χ1v) is 12.3. The lowest BCUT2D eigenvalue weighted by Crippen LogP contribution is -2.10. The Kier molecular flexibility index (Phi) is 7.40. The van der Waals surface area contributed by atoms with Gasteiger partial charge in [-0.25, -0.2) is 14.6 Å². The molecule has 0 atom stereocenters. The number of hydrogen-bond donors (Lipinski definition) is 0. The molecule has 0 spiro atoms. The average molecular weight is 675 g/mol. The van der Waals surface area contributed by atoms with Gasteiger partial charge in [-0.05, 0) is 76.6 Å². The molecule has 1 aliphatic heterocycles. The summed E-state index contributed by atoms with van der Waals surface area (Å²) in [4.78, 5) is 29.5. The molecule has 0 saturated carbocycles. The summed E-state index contributed by atoms with van der Waals surface area (Å²) in [5.41, 5.74) is 1.27. The lowest BCUT2D eigenvalue weighted by molar-refractivity contribution is -0.129. The van der Waals surface area contributed by atoms with Crippen molar-refractivity contribution in [2.45, 2.75) is 0 Å². The van der Waals surface area contributed by atoms with Crippen LogP contribution in [0.4, 0.5) is 0 Å². The molecule has 4 rings (SSSR count). The van der Waals surface area contributed by atoms with E-state index in [1.165, 1.54) is 24.3 Å². The maximum atomic E-state index is 12.8. The van der Waals surface area contributed by atoms with Crippen LogP contribution in [0, 0.1) is 0 Å². The van der Waals surface area contributed by atoms with Gasteiger partial charge in [-0.3, -0.25) is 0 Å². The van der Waals surface area contributed by atoms with E-state index in [2.05, 4.69) is 52.8 Å². The lowest BCUT2D eigenvalue weighted by atomic mass is 10.1. The fourth-order valence-electron chi connectivity index (χ4n) is 2.87. The summed E-state index contributed by atoms with van der Waals surface area (Å²) in [5.74, 6) is -0.949. The first-order chi connectivity index (χ1) is 15.7. The Morgan fingerprint density at radius 2 is 1.70 bits per heavy atom. The van der Waals surface area contributed by atoms with E-state index in [1.807, 2.05) is 12.1 Å². The van der Waals surface area contributed by atoms with Crippen molar-refractivity contribution in [3.63, 3.8) is 0 Å². The van der Waals surface area contributed by atoms with Gasteiger partial charge >= 0.3 is 11.9 Å². The topological polar surface area (TPSA) is 65.0 Å². The summed E-state index contributed by atoms with van der Waals surface area (Å²) in [5, 5.41) is 0.551. The maximum absolute atomic E-state index is 12.8. The molecule has 0 aromatic heterocycles. The number of hydrogen-bond acceptors (Lipinski definition) is 5. The molecule has 3 aromatic rings. The highest BCUT2D eigenvalue weighted by Crippen LogP contribution is 2.36. The third-order valence-corrected chi connectivity index (χ3v) is 6.51. The van der Waals surface area contributed by atoms with Crippen LogP contribution in [0.15, 0.2) is 78.7 Å². The highest BCUT2D eigenvalue weighted by molar-refractivity contribution is 9.11. The lowest BCUT2D eigenvalue weighted by Gasteiger charge is -2.12. The molecule has 0 amide bonds. The quantitative estimate of drug-likeness (QED) is 0.161. The van der Waals surface area contributed by atoms with E-state index < -0.39 is 11.9 Å². The smallest absolute Gasteiger partial charge is 0.363 e. The van der Waals surface area contributed by atoms with Crippen LogP contribution in [0.3, 0.4) is 0 Å². The number of carbonyl (C=O) groups excluding carboxylic acids is 2. The number of benzene rings is 3. The minimum Gasteiger partial charge on any atom is -0.421 e. The average Bonchev–Trinajstić information content (AvgIpc) is 3.11. The first-order valence-electron chi connectivity index (χ1n) is 9.16. The van der Waals surface area contributed by atoms with Crippen molar-refractivity contribution in [1.29, 1.82) is 0 Å². The van der Waals surface area contributed by atoms with E-state index in [4.69, 9.17) is 32.7 Å². The molecule has 1 aliphatic rings. The normalized spacial score (nSPS) is 14.3. The molecule has 0 unspecified atom stereocenters. The predicted octanol–water partition coefficient (Wildman–Crippen LogP) is 7.84. The first kappa shape index (κ1) is 24.2. The van der Waals surface area contributed by atoms with Crippen LogP contribution in [0.5, 0.6) is 5.75 Å². The summed E-state index contributed by atoms with van der Waals surface area (Å²) in [6, 6.07) is 15.0. The van der Waals surface area contributed by atoms with Gasteiger partial charge in [-0.2, -0.15) is 0 Å². The number of carbonyl (C=O) groups is 2. The monoisotopic (exact) mass is 671 g/mol. The highest BCUT2D eigenvalue weighted by Gasteiger charge is 2.25. The zero-order chi connectivity index (χ0) is 23.7. The second-order valence-electron chi connectivity index (χ2n) is 6.66. The molecule has 0 bridgehead atoms. The summed E-state index contributed by atoms with van der Waals surface area (Å²) >= 11 is 22.2. The summed E-state index contributed by atoms with van der Waals surface area (Å²) < 4.78 is 13.0. The summed E-state index contributed by atoms with van der Waals surface area (Å²) in [6.07, 6.45) is 1.48. The Hall–Kier alpha value is -1.97. The van der Waals surface area contributed by atoms with Gasteiger partial charge in [-0.15, -0.1) is 0 Å². The van der Waals surface area contributed by atoms with Crippen LogP contribution in [-0.4, -0.2) is 17.8 Å². The van der Waals surface area contributed by atoms with Gasteiger partial charge in [0.15, 0.2) is 11.4 Å². The number of ether oxygens (including phenoxy) is 2. The maximum Gasteiger partial charge on any atom is 0.363 e. The zero-order valence-electron chi connectivity index (χ0n) is 16.2. The van der Waals surface area contributed by atoms with Gasteiger partial charge in [0.2, 0.25) is 5.90 Å². The molecule has 0 aliphatic carbocycles. The van der Waals surface area contributed by atoms with Gasteiger partial charge in [-0.1, -0.05) is 55.1 Å². The number of nitrogens with zero attached hydrogens (tertiary/aromatic N) is 1. The summed E-state index contributed by atoms with van der Waals surface area (Å²) in [7, 11) is 0. The molecule has 0 radical (unpaired) electrons. The molecule has 0 saturated heterocycles. The van der Waals surface area contributed by atoms with E-state index in [0.717, 1.165) is 4.47 Å². The Balaban J connectivity index is 1.71. The van der Waals surface area contributed by atoms with Crippen molar-refractivity contribution < 1.29 is 19.1 Å². The largest absolute Gasteiger partial charge is 0.421 e. The Morgan fingerprint density at radius 1 is 0.970 bits per heavy atom. The number of aliphatic imine (C=N–C) groups is 1. The van der Waals surface area contributed by atoms with Crippen LogP contribution in [0.25, 0.3) is 6.08 Å². The molecule has 1 heterocycles. The SMILES string of the molecule is O=C1OC(c2ccc(Br)cc2)=N/C1=C\c1cc(Br)cc(Br)c1OC(=O)c1ccc(Cl)cc1Cl. The molecule has 33 heavy (non-hydrogen) atoms. The fourth-order valence-corrected chi connectivity index (χ4v) is 4.96. The van der Waals surface area contributed by atoms with Crippen LogP contribution in [0.2, 0.25) is 10.0 Å². The van der Waals surface area contributed by atoms with Crippen molar-refractivity contribution in [2.24, 2.45) is 4.99 Å². The van der Waals surface area contributed by atoms with Crippen molar-refractivity contribution in [3.05, 3.63) is 100 Å². The molecule has 10 heteroatoms. The molecule has 166 valence electrons. The van der Waals surface area contributed by atoms with E-state index in [0.29, 0.717) is 25.1 Å². The van der Waals surface area contributed by atoms with Gasteiger partial charge in [0.05, 0.1) is 15.1 Å². The Labute approximate surface area is 223 Å². The second kappa shape index (κ2) is 10.1.